The van der Waals surface area contributed by atoms with Crippen molar-refractivity contribution in [3.63, 3.8) is 0 Å². The second-order valence-electron chi connectivity index (χ2n) is 1.77. The van der Waals surface area contributed by atoms with Gasteiger partial charge in [-0.25, -0.2) is 5.43 Å². The fourth-order valence-corrected chi connectivity index (χ4v) is 0.233. The number of nitrogens with one attached hydrogen (secondary N) is 1. The first-order chi connectivity index (χ1) is 4.13. The largest absolute Gasteiger partial charge is 0.274 e. The van der Waals surface area contributed by atoms with Gasteiger partial charge in [-0.2, -0.15) is 5.10 Å². The van der Waals surface area contributed by atoms with Crippen molar-refractivity contribution in [1.29, 1.82) is 0 Å². The summed E-state index contributed by atoms with van der Waals surface area (Å²) in [5, 5.41) is 3.55. The lowest BCUT2D eigenvalue weighted by Crippen LogP contribution is -2.11. The van der Waals surface area contributed by atoms with Crippen molar-refractivity contribution in [2.24, 2.45) is 5.10 Å². The summed E-state index contributed by atoms with van der Waals surface area (Å²) in [7, 11) is 0. The van der Waals surface area contributed by atoms with E-state index in [1.54, 1.807) is 6.92 Å². The summed E-state index contributed by atoms with van der Waals surface area (Å²) >= 11 is 0. The van der Waals surface area contributed by atoms with E-state index >= 15 is 0 Å². The molecule has 0 heterocycles. The van der Waals surface area contributed by atoms with Crippen LogP contribution in [0.1, 0.15) is 13.8 Å². The van der Waals surface area contributed by atoms with E-state index in [-0.39, 0.29) is 5.91 Å². The van der Waals surface area contributed by atoms with Crippen LogP contribution in [0.4, 0.5) is 0 Å². The van der Waals surface area contributed by atoms with Crippen LogP contribution in [0.3, 0.4) is 0 Å². The van der Waals surface area contributed by atoms with Gasteiger partial charge in [0.25, 0.3) is 0 Å². The summed E-state index contributed by atoms with van der Waals surface area (Å²) in [5.74, 6) is -0.174. The summed E-state index contributed by atoms with van der Waals surface area (Å²) in [4.78, 5) is 10.2. The second kappa shape index (κ2) is 3.83. The number of rotatable bonds is 2. The molecular formula is C6H10N2O. The Hall–Kier alpha value is -1.12. The minimum atomic E-state index is -0.174. The molecular weight excluding hydrogens is 116 g/mol. The predicted molar refractivity (Wildman–Crippen MR) is 37.1 cm³/mol. The SMILES string of the molecule is C=C(C)/C=N\NC(C)=O. The Morgan fingerprint density at radius 1 is 1.67 bits per heavy atom. The summed E-state index contributed by atoms with van der Waals surface area (Å²) in [5.41, 5.74) is 3.06. The van der Waals surface area contributed by atoms with Crippen molar-refractivity contribution in [1.82, 2.24) is 5.43 Å². The van der Waals surface area contributed by atoms with Crippen molar-refractivity contribution in [3.8, 4) is 0 Å². The van der Waals surface area contributed by atoms with E-state index in [9.17, 15) is 4.79 Å². The molecule has 0 aliphatic rings. The van der Waals surface area contributed by atoms with E-state index in [2.05, 4.69) is 17.1 Å². The molecule has 0 bridgehead atoms. The Labute approximate surface area is 54.5 Å². The zero-order valence-electron chi connectivity index (χ0n) is 5.64. The molecule has 0 aromatic rings. The molecule has 50 valence electrons. The molecule has 3 heteroatoms. The first kappa shape index (κ1) is 7.88. The molecule has 0 rings (SSSR count). The normalized spacial score (nSPS) is 9.56. The first-order valence-electron chi connectivity index (χ1n) is 2.58. The zero-order chi connectivity index (χ0) is 7.28. The topological polar surface area (TPSA) is 41.5 Å². The number of carbonyl (C=O) groups is 1. The van der Waals surface area contributed by atoms with E-state index in [1.165, 1.54) is 13.1 Å². The van der Waals surface area contributed by atoms with Crippen LogP contribution in [0.15, 0.2) is 17.3 Å². The number of carbonyl (C=O) groups excluding carboxylic acids is 1. The monoisotopic (exact) mass is 126 g/mol. The van der Waals surface area contributed by atoms with Gasteiger partial charge in [-0.15, -0.1) is 0 Å². The van der Waals surface area contributed by atoms with Crippen LogP contribution in [-0.2, 0) is 4.79 Å². The van der Waals surface area contributed by atoms with Gasteiger partial charge in [0.2, 0.25) is 5.91 Å². The lowest BCUT2D eigenvalue weighted by atomic mass is 10.4. The third-order valence-corrected chi connectivity index (χ3v) is 0.507. The Morgan fingerprint density at radius 2 is 2.22 bits per heavy atom. The van der Waals surface area contributed by atoms with Crippen molar-refractivity contribution >= 4 is 12.1 Å². The molecule has 3 nitrogen and oxygen atoms in total. The lowest BCUT2D eigenvalue weighted by Gasteiger charge is -1.88. The van der Waals surface area contributed by atoms with Gasteiger partial charge in [0.1, 0.15) is 0 Å². The predicted octanol–water partition coefficient (Wildman–Crippen LogP) is 0.684. The number of hydrogen-bond acceptors (Lipinski definition) is 2. The molecule has 1 N–H and O–H groups in total. The van der Waals surface area contributed by atoms with Gasteiger partial charge in [0, 0.05) is 13.1 Å². The summed E-state index contributed by atoms with van der Waals surface area (Å²) in [6.07, 6.45) is 1.49. The minimum Gasteiger partial charge on any atom is -0.274 e. The van der Waals surface area contributed by atoms with E-state index in [4.69, 9.17) is 0 Å². The maximum Gasteiger partial charge on any atom is 0.236 e. The molecule has 0 aromatic carbocycles. The first-order valence-corrected chi connectivity index (χ1v) is 2.58. The summed E-state index contributed by atoms with van der Waals surface area (Å²) < 4.78 is 0. The fourth-order valence-electron chi connectivity index (χ4n) is 0.233. The van der Waals surface area contributed by atoms with Crippen LogP contribution >= 0.6 is 0 Å². The standard InChI is InChI=1S/C6H10N2O/c1-5(2)4-7-8-6(3)9/h4H,1H2,2-3H3,(H,8,9)/b7-4-. The number of allylic oxidation sites excluding steroid dienone is 1. The van der Waals surface area contributed by atoms with Gasteiger partial charge in [-0.1, -0.05) is 6.58 Å². The van der Waals surface area contributed by atoms with Gasteiger partial charge >= 0.3 is 0 Å². The minimum absolute atomic E-state index is 0.174. The van der Waals surface area contributed by atoms with E-state index < -0.39 is 0 Å². The van der Waals surface area contributed by atoms with Crippen molar-refractivity contribution < 1.29 is 4.79 Å². The van der Waals surface area contributed by atoms with E-state index in [0.29, 0.717) is 0 Å². The molecule has 0 fully saturated rings. The number of hydrogen-bond donors (Lipinski definition) is 1. The maximum atomic E-state index is 10.2. The highest BCUT2D eigenvalue weighted by Crippen LogP contribution is 1.76. The highest BCUT2D eigenvalue weighted by Gasteiger charge is 1.81. The summed E-state index contributed by atoms with van der Waals surface area (Å²) in [6, 6.07) is 0. The molecule has 0 saturated heterocycles. The van der Waals surface area contributed by atoms with Crippen LogP contribution in [-0.4, -0.2) is 12.1 Å². The molecule has 0 radical (unpaired) electrons. The number of amides is 1. The number of nitrogens with zero attached hydrogens (tertiary/aromatic N) is 1. The molecule has 0 atom stereocenters. The molecule has 0 aliphatic heterocycles. The molecule has 0 unspecified atom stereocenters. The Bertz CT molecular complexity index is 149. The molecule has 9 heavy (non-hydrogen) atoms. The molecule has 0 aliphatic carbocycles. The fraction of sp³-hybridized carbons (Fsp3) is 0.333. The van der Waals surface area contributed by atoms with Crippen molar-refractivity contribution in [2.75, 3.05) is 0 Å². The third kappa shape index (κ3) is 6.88. The van der Waals surface area contributed by atoms with Crippen LogP contribution in [0, 0.1) is 0 Å². The van der Waals surface area contributed by atoms with Gasteiger partial charge in [0.05, 0.1) is 0 Å². The van der Waals surface area contributed by atoms with Gasteiger partial charge < -0.3 is 0 Å². The Kier molecular flexibility index (Phi) is 3.35. The zero-order valence-corrected chi connectivity index (χ0v) is 5.64. The molecule has 0 saturated carbocycles. The smallest absolute Gasteiger partial charge is 0.236 e. The van der Waals surface area contributed by atoms with Gasteiger partial charge in [0.15, 0.2) is 0 Å². The van der Waals surface area contributed by atoms with E-state index in [0.717, 1.165) is 5.57 Å². The van der Waals surface area contributed by atoms with Crippen LogP contribution < -0.4 is 5.43 Å². The number of hydrazone groups is 1. The Balaban J connectivity index is 3.48. The summed E-state index contributed by atoms with van der Waals surface area (Å²) in [6.45, 7) is 6.75. The van der Waals surface area contributed by atoms with Crippen LogP contribution in [0.2, 0.25) is 0 Å². The average molecular weight is 126 g/mol. The average Bonchev–Trinajstić information content (AvgIpc) is 1.63. The highest BCUT2D eigenvalue weighted by molar-refractivity contribution is 5.79. The van der Waals surface area contributed by atoms with Gasteiger partial charge in [-0.05, 0) is 12.5 Å². The van der Waals surface area contributed by atoms with Gasteiger partial charge in [-0.3, -0.25) is 4.79 Å². The molecule has 1 amide bonds. The molecule has 0 aromatic heterocycles. The van der Waals surface area contributed by atoms with Crippen LogP contribution in [0.5, 0.6) is 0 Å². The van der Waals surface area contributed by atoms with E-state index in [1.807, 2.05) is 0 Å². The maximum absolute atomic E-state index is 10.2. The lowest BCUT2D eigenvalue weighted by molar-refractivity contribution is -0.118. The Morgan fingerprint density at radius 3 is 2.56 bits per heavy atom. The molecule has 0 spiro atoms. The third-order valence-electron chi connectivity index (χ3n) is 0.507. The van der Waals surface area contributed by atoms with Crippen LogP contribution in [0.25, 0.3) is 0 Å². The second-order valence-corrected chi connectivity index (χ2v) is 1.77. The van der Waals surface area contributed by atoms with Crippen molar-refractivity contribution in [2.45, 2.75) is 13.8 Å². The highest BCUT2D eigenvalue weighted by atomic mass is 16.2. The quantitative estimate of drug-likeness (QED) is 0.429. The van der Waals surface area contributed by atoms with Crippen molar-refractivity contribution in [3.05, 3.63) is 12.2 Å².